The largest absolute Gasteiger partial charge is 0.504 e. The Labute approximate surface area is 295 Å². The molecular formula is C34H37F3N4O9S. The van der Waals surface area contributed by atoms with E-state index in [4.69, 9.17) is 18.9 Å². The van der Waals surface area contributed by atoms with E-state index in [9.17, 15) is 43.0 Å². The van der Waals surface area contributed by atoms with Crippen LogP contribution in [0, 0.1) is 25.2 Å². The highest BCUT2D eigenvalue weighted by molar-refractivity contribution is 7.99. The molecule has 1 amide bonds. The van der Waals surface area contributed by atoms with E-state index in [1.807, 2.05) is 15.9 Å². The Morgan fingerprint density at radius 1 is 1.16 bits per heavy atom. The number of alkyl halides is 3. The molecule has 4 heterocycles. The molecule has 17 heteroatoms. The molecule has 0 radical (unpaired) electrons. The van der Waals surface area contributed by atoms with Crippen LogP contribution in [0.4, 0.5) is 13.2 Å². The zero-order valence-electron chi connectivity index (χ0n) is 28.6. The van der Waals surface area contributed by atoms with Crippen LogP contribution in [0.2, 0.25) is 0 Å². The standard InChI is InChI=1S/C34H37F3N4O9S/c1-13-7-17-8-19-20(9-38)41-21(10-42)23-24(29(50-16(4)44)14(2)30-31(23)49-12-48-30)32(51-11-18(15(3)43)39-33(46)34(35,36)37)26(41)25(40(19)5)22(17)27(45)28(13)47-6/h7,18-21,25-26,32,42,45H,8,10-12H2,1-6H3,(H,39,46)/t18-,19-,20?,21-,25+,26?,32+/m0/s1. The lowest BCUT2D eigenvalue weighted by molar-refractivity contribution is -0.174. The molecule has 0 aliphatic carbocycles. The SMILES string of the molecule is COc1c(C)cc2c(c1O)[C@@H]1C3[C@H](SC[C@H](NC(=O)C(F)(F)F)C(C)=O)c4c(OC(C)=O)c(C)c5c(c4[C@H](CO)N3C(C#N)[C@H](C2)N1C)OCO5. The van der Waals surface area contributed by atoms with Gasteiger partial charge in [-0.1, -0.05) is 6.07 Å². The third-order valence-electron chi connectivity index (χ3n) is 10.2. The number of nitrogens with one attached hydrogen (secondary N) is 1. The lowest BCUT2D eigenvalue weighted by Crippen LogP contribution is -2.69. The van der Waals surface area contributed by atoms with Gasteiger partial charge < -0.3 is 34.5 Å². The Balaban J connectivity index is 1.64. The number of thioether (sulfide) groups is 1. The van der Waals surface area contributed by atoms with Crippen LogP contribution in [0.3, 0.4) is 0 Å². The van der Waals surface area contributed by atoms with Crippen molar-refractivity contribution in [1.29, 1.82) is 5.26 Å². The second-order valence-electron chi connectivity index (χ2n) is 13.1. The number of likely N-dealkylation sites (N-methyl/N-ethyl adjacent to an activating group) is 1. The summed E-state index contributed by atoms with van der Waals surface area (Å²) in [5.41, 5.74) is 3.00. The Hall–Kier alpha value is -4.24. The van der Waals surface area contributed by atoms with Gasteiger partial charge in [0.2, 0.25) is 6.79 Å². The number of ether oxygens (including phenoxy) is 4. The number of rotatable bonds is 8. The van der Waals surface area contributed by atoms with E-state index >= 15 is 0 Å². The van der Waals surface area contributed by atoms with E-state index in [0.29, 0.717) is 34.2 Å². The summed E-state index contributed by atoms with van der Waals surface area (Å²) in [7, 11) is 3.23. The molecule has 0 spiro atoms. The van der Waals surface area contributed by atoms with Crippen molar-refractivity contribution in [1.82, 2.24) is 15.1 Å². The molecule has 0 saturated carbocycles. The van der Waals surface area contributed by atoms with E-state index < -0.39 is 71.9 Å². The maximum Gasteiger partial charge on any atom is 0.471 e. The van der Waals surface area contributed by atoms with E-state index in [0.717, 1.165) is 24.2 Å². The van der Waals surface area contributed by atoms with E-state index in [1.165, 1.54) is 14.0 Å². The van der Waals surface area contributed by atoms with Crippen LogP contribution in [0.5, 0.6) is 28.7 Å². The molecule has 1 saturated heterocycles. The molecule has 7 atom stereocenters. The maximum absolute atomic E-state index is 13.3. The number of carbonyl (C=O) groups is 3. The second-order valence-corrected chi connectivity index (χ2v) is 14.2. The minimum Gasteiger partial charge on any atom is -0.504 e. The van der Waals surface area contributed by atoms with Crippen molar-refractivity contribution in [2.45, 2.75) is 81.8 Å². The van der Waals surface area contributed by atoms with Gasteiger partial charge in [0.05, 0.1) is 43.2 Å². The minimum absolute atomic E-state index is 0.0658. The lowest BCUT2D eigenvalue weighted by Gasteiger charge is -2.61. The van der Waals surface area contributed by atoms with Gasteiger partial charge in [-0.25, -0.2) is 0 Å². The van der Waals surface area contributed by atoms with Crippen molar-refractivity contribution in [3.8, 4) is 34.8 Å². The summed E-state index contributed by atoms with van der Waals surface area (Å²) in [4.78, 5) is 41.2. The highest BCUT2D eigenvalue weighted by atomic mass is 32.2. The molecule has 1 fully saturated rings. The fourth-order valence-electron chi connectivity index (χ4n) is 8.15. The zero-order chi connectivity index (χ0) is 37.3. The predicted molar refractivity (Wildman–Crippen MR) is 175 cm³/mol. The molecule has 3 N–H and O–H groups in total. The van der Waals surface area contributed by atoms with E-state index in [1.54, 1.807) is 26.2 Å². The molecule has 2 unspecified atom stereocenters. The fourth-order valence-corrected chi connectivity index (χ4v) is 9.76. The van der Waals surface area contributed by atoms with Gasteiger partial charge in [-0.15, -0.1) is 11.8 Å². The molecule has 2 bridgehead atoms. The molecule has 51 heavy (non-hydrogen) atoms. The van der Waals surface area contributed by atoms with Crippen molar-refractivity contribution in [2.75, 3.05) is 33.3 Å². The smallest absolute Gasteiger partial charge is 0.471 e. The summed E-state index contributed by atoms with van der Waals surface area (Å²) in [6.45, 7) is 4.96. The topological polar surface area (TPSA) is 171 Å². The van der Waals surface area contributed by atoms with Gasteiger partial charge in [0.1, 0.15) is 11.8 Å². The number of phenolic OH excluding ortho intramolecular Hbond substituents is 1. The number of phenols is 1. The van der Waals surface area contributed by atoms with Crippen molar-refractivity contribution in [3.63, 3.8) is 0 Å². The van der Waals surface area contributed by atoms with Crippen LogP contribution in [-0.2, 0) is 20.8 Å². The Bertz CT molecular complexity index is 1850. The zero-order valence-corrected chi connectivity index (χ0v) is 29.4. The number of aliphatic hydroxyl groups excluding tert-OH is 1. The number of hydrogen-bond donors (Lipinski definition) is 3. The number of piperazine rings is 1. The molecule has 0 aromatic heterocycles. The number of methoxy groups -OCH3 is 1. The van der Waals surface area contributed by atoms with Crippen LogP contribution >= 0.6 is 11.8 Å². The molecule has 2 aromatic carbocycles. The number of nitrogens with zero attached hydrogens (tertiary/aromatic N) is 3. The molecule has 6 rings (SSSR count). The van der Waals surface area contributed by atoms with Crippen LogP contribution in [0.1, 0.15) is 64.6 Å². The summed E-state index contributed by atoms with van der Waals surface area (Å²) in [6, 6.07) is -1.13. The number of ketones is 1. The first kappa shape index (κ1) is 36.5. The predicted octanol–water partition coefficient (Wildman–Crippen LogP) is 3.30. The third kappa shape index (κ3) is 5.81. The average Bonchev–Trinajstić information content (AvgIpc) is 3.54. The summed E-state index contributed by atoms with van der Waals surface area (Å²) in [5.74, 6) is -3.40. The number of carbonyl (C=O) groups excluding carboxylic acids is 3. The number of aromatic hydroxyl groups is 1. The fraction of sp³-hybridized carbons (Fsp3) is 0.529. The molecule has 4 aliphatic rings. The van der Waals surface area contributed by atoms with Crippen molar-refractivity contribution in [2.24, 2.45) is 0 Å². The maximum atomic E-state index is 13.3. The van der Waals surface area contributed by atoms with Crippen molar-refractivity contribution >= 4 is 29.4 Å². The number of aliphatic hydroxyl groups is 1. The molecule has 274 valence electrons. The Kier molecular flexibility index (Phi) is 9.59. The molecular weight excluding hydrogens is 697 g/mol. The van der Waals surface area contributed by atoms with Gasteiger partial charge in [0, 0.05) is 47.0 Å². The molecule has 2 aromatic rings. The van der Waals surface area contributed by atoms with Gasteiger partial charge in [-0.3, -0.25) is 24.2 Å². The molecule has 4 aliphatic heterocycles. The van der Waals surface area contributed by atoms with Crippen molar-refractivity contribution < 1.29 is 56.7 Å². The highest BCUT2D eigenvalue weighted by Gasteiger charge is 2.60. The normalized spacial score (nSPS) is 25.5. The number of esters is 1. The third-order valence-corrected chi connectivity index (χ3v) is 11.6. The van der Waals surface area contributed by atoms with Crippen LogP contribution in [0.25, 0.3) is 0 Å². The number of Topliss-reactive ketones (excluding diaryl/α,β-unsaturated/α-hetero) is 1. The summed E-state index contributed by atoms with van der Waals surface area (Å²) in [5, 5.41) is 34.6. The number of benzene rings is 2. The Morgan fingerprint density at radius 3 is 2.43 bits per heavy atom. The Morgan fingerprint density at radius 2 is 1.84 bits per heavy atom. The monoisotopic (exact) mass is 734 g/mol. The molecule has 13 nitrogen and oxygen atoms in total. The number of amides is 1. The average molecular weight is 735 g/mol. The summed E-state index contributed by atoms with van der Waals surface area (Å²) < 4.78 is 63.2. The van der Waals surface area contributed by atoms with E-state index in [-0.39, 0.29) is 41.3 Å². The van der Waals surface area contributed by atoms with Gasteiger partial charge in [0.25, 0.3) is 0 Å². The van der Waals surface area contributed by atoms with E-state index in [2.05, 4.69) is 6.07 Å². The van der Waals surface area contributed by atoms with Crippen LogP contribution in [0.15, 0.2) is 6.07 Å². The first-order valence-electron chi connectivity index (χ1n) is 16.1. The minimum atomic E-state index is -5.25. The first-order valence-corrected chi connectivity index (χ1v) is 17.1. The summed E-state index contributed by atoms with van der Waals surface area (Å²) >= 11 is 1.01. The van der Waals surface area contributed by atoms with Gasteiger partial charge >= 0.3 is 18.1 Å². The number of fused-ring (bicyclic) bond motifs is 9. The summed E-state index contributed by atoms with van der Waals surface area (Å²) in [6.07, 6.45) is -4.90. The van der Waals surface area contributed by atoms with Crippen LogP contribution < -0.4 is 24.3 Å². The van der Waals surface area contributed by atoms with Gasteiger partial charge in [0.15, 0.2) is 28.8 Å². The number of aryl methyl sites for hydroxylation is 1. The first-order chi connectivity index (χ1) is 24.1. The number of nitriles is 1. The van der Waals surface area contributed by atoms with Gasteiger partial charge in [-0.2, -0.15) is 18.4 Å². The van der Waals surface area contributed by atoms with Crippen LogP contribution in [-0.4, -0.2) is 101 Å². The second kappa shape index (κ2) is 13.4. The highest BCUT2D eigenvalue weighted by Crippen LogP contribution is 2.63. The quantitative estimate of drug-likeness (QED) is 0.267. The van der Waals surface area contributed by atoms with Gasteiger partial charge in [-0.05, 0) is 45.4 Å². The number of hydrogen-bond acceptors (Lipinski definition) is 13. The lowest BCUT2D eigenvalue weighted by atomic mass is 9.71. The van der Waals surface area contributed by atoms with Crippen molar-refractivity contribution in [3.05, 3.63) is 39.4 Å². The number of halogens is 3.